The molecule has 0 aromatic heterocycles. The van der Waals surface area contributed by atoms with Gasteiger partial charge in [-0.25, -0.2) is 0 Å². The molecule has 22 heavy (non-hydrogen) atoms. The third kappa shape index (κ3) is 5.08. The lowest BCUT2D eigenvalue weighted by atomic mass is 10.1. The fourth-order valence-electron chi connectivity index (χ4n) is 2.12. The van der Waals surface area contributed by atoms with E-state index in [0.717, 1.165) is 22.0 Å². The number of carbonyl (C=O) groups is 1. The van der Waals surface area contributed by atoms with Crippen LogP contribution >= 0.6 is 11.6 Å². The summed E-state index contributed by atoms with van der Waals surface area (Å²) in [4.78, 5) is 11.9. The van der Waals surface area contributed by atoms with Gasteiger partial charge < -0.3 is 10.6 Å². The summed E-state index contributed by atoms with van der Waals surface area (Å²) in [6, 6.07) is 15.4. The predicted octanol–water partition coefficient (Wildman–Crippen LogP) is 4.94. The first-order valence-corrected chi connectivity index (χ1v) is 7.79. The smallest absolute Gasteiger partial charge is 0.224 e. The monoisotopic (exact) mass is 316 g/mol. The third-order valence-electron chi connectivity index (χ3n) is 3.19. The van der Waals surface area contributed by atoms with Gasteiger partial charge in [-0.05, 0) is 35.7 Å². The van der Waals surface area contributed by atoms with Gasteiger partial charge in [-0.1, -0.05) is 49.7 Å². The van der Waals surface area contributed by atoms with Crippen molar-refractivity contribution in [3.63, 3.8) is 0 Å². The van der Waals surface area contributed by atoms with Crippen LogP contribution in [0, 0.1) is 5.92 Å². The molecule has 2 N–H and O–H groups in total. The Morgan fingerprint density at radius 2 is 1.68 bits per heavy atom. The number of hydrogen-bond acceptors (Lipinski definition) is 2. The number of para-hydroxylation sites is 2. The van der Waals surface area contributed by atoms with Crippen LogP contribution in [0.2, 0.25) is 5.02 Å². The molecule has 0 bridgehead atoms. The maximum Gasteiger partial charge on any atom is 0.224 e. The average Bonchev–Trinajstić information content (AvgIpc) is 2.47. The number of hydrogen-bond donors (Lipinski definition) is 2. The zero-order chi connectivity index (χ0) is 15.9. The molecule has 2 aromatic carbocycles. The van der Waals surface area contributed by atoms with Gasteiger partial charge in [-0.3, -0.25) is 4.79 Å². The van der Waals surface area contributed by atoms with E-state index in [1.165, 1.54) is 0 Å². The largest absolute Gasteiger partial charge is 0.379 e. The predicted molar refractivity (Wildman–Crippen MR) is 93.3 cm³/mol. The van der Waals surface area contributed by atoms with Gasteiger partial charge in [0.1, 0.15) is 0 Å². The summed E-state index contributed by atoms with van der Waals surface area (Å²) >= 11 is 5.88. The molecule has 0 aliphatic carbocycles. The maximum absolute atomic E-state index is 11.9. The SMILES string of the molecule is CC(C)CC(=O)Nc1ccccc1NCc1ccc(Cl)cc1. The molecule has 116 valence electrons. The van der Waals surface area contributed by atoms with E-state index in [2.05, 4.69) is 10.6 Å². The van der Waals surface area contributed by atoms with Crippen LogP contribution in [-0.4, -0.2) is 5.91 Å². The lowest BCUT2D eigenvalue weighted by Gasteiger charge is -2.14. The van der Waals surface area contributed by atoms with Crippen LogP contribution in [0.15, 0.2) is 48.5 Å². The van der Waals surface area contributed by atoms with Crippen LogP contribution in [0.4, 0.5) is 11.4 Å². The first kappa shape index (κ1) is 16.4. The molecule has 0 spiro atoms. The molecular weight excluding hydrogens is 296 g/mol. The molecule has 0 saturated carbocycles. The topological polar surface area (TPSA) is 41.1 Å². The van der Waals surface area contributed by atoms with Gasteiger partial charge in [0.15, 0.2) is 0 Å². The van der Waals surface area contributed by atoms with Gasteiger partial charge >= 0.3 is 0 Å². The van der Waals surface area contributed by atoms with E-state index >= 15 is 0 Å². The summed E-state index contributed by atoms with van der Waals surface area (Å²) in [7, 11) is 0. The molecule has 3 nitrogen and oxygen atoms in total. The van der Waals surface area contributed by atoms with E-state index in [4.69, 9.17) is 11.6 Å². The maximum atomic E-state index is 11.9. The van der Waals surface area contributed by atoms with Crippen LogP contribution in [0.25, 0.3) is 0 Å². The van der Waals surface area contributed by atoms with E-state index in [-0.39, 0.29) is 5.91 Å². The standard InChI is InChI=1S/C18H21ClN2O/c1-13(2)11-18(22)21-17-6-4-3-5-16(17)20-12-14-7-9-15(19)10-8-14/h3-10,13,20H,11-12H2,1-2H3,(H,21,22). The molecule has 0 unspecified atom stereocenters. The molecule has 0 atom stereocenters. The highest BCUT2D eigenvalue weighted by atomic mass is 35.5. The van der Waals surface area contributed by atoms with Gasteiger partial charge in [0.2, 0.25) is 5.91 Å². The second-order valence-corrected chi connectivity index (χ2v) is 6.11. The number of halogens is 1. The fraction of sp³-hybridized carbons (Fsp3) is 0.278. The van der Waals surface area contributed by atoms with Crippen molar-refractivity contribution in [1.82, 2.24) is 0 Å². The Morgan fingerprint density at radius 3 is 2.32 bits per heavy atom. The van der Waals surface area contributed by atoms with E-state index in [0.29, 0.717) is 18.9 Å². The van der Waals surface area contributed by atoms with Gasteiger partial charge in [-0.15, -0.1) is 0 Å². The zero-order valence-corrected chi connectivity index (χ0v) is 13.7. The van der Waals surface area contributed by atoms with E-state index in [1.54, 1.807) is 0 Å². The second-order valence-electron chi connectivity index (χ2n) is 5.67. The number of amides is 1. The molecule has 4 heteroatoms. The first-order valence-electron chi connectivity index (χ1n) is 7.42. The fourth-order valence-corrected chi connectivity index (χ4v) is 2.24. The van der Waals surface area contributed by atoms with E-state index < -0.39 is 0 Å². The third-order valence-corrected chi connectivity index (χ3v) is 3.44. The van der Waals surface area contributed by atoms with Crippen molar-refractivity contribution in [3.8, 4) is 0 Å². The van der Waals surface area contributed by atoms with Crippen molar-refractivity contribution in [2.24, 2.45) is 5.92 Å². The van der Waals surface area contributed by atoms with E-state index in [1.807, 2.05) is 62.4 Å². The second kappa shape index (κ2) is 7.85. The molecule has 0 heterocycles. The molecule has 2 aromatic rings. The lowest BCUT2D eigenvalue weighted by Crippen LogP contribution is -2.15. The van der Waals surface area contributed by atoms with Crippen molar-refractivity contribution in [2.45, 2.75) is 26.8 Å². The normalized spacial score (nSPS) is 10.5. The summed E-state index contributed by atoms with van der Waals surface area (Å²) in [6.45, 7) is 4.74. The van der Waals surface area contributed by atoms with Crippen molar-refractivity contribution in [1.29, 1.82) is 0 Å². The van der Waals surface area contributed by atoms with Gasteiger partial charge in [0.25, 0.3) is 0 Å². The molecule has 0 fully saturated rings. The summed E-state index contributed by atoms with van der Waals surface area (Å²) < 4.78 is 0. The molecule has 2 rings (SSSR count). The quantitative estimate of drug-likeness (QED) is 0.792. The Hall–Kier alpha value is -2.00. The molecule has 0 radical (unpaired) electrons. The Kier molecular flexibility index (Phi) is 5.84. The number of rotatable bonds is 6. The number of carbonyl (C=O) groups excluding carboxylic acids is 1. The first-order chi connectivity index (χ1) is 10.5. The van der Waals surface area contributed by atoms with Crippen LogP contribution in [-0.2, 0) is 11.3 Å². The molecule has 0 aliphatic rings. The van der Waals surface area contributed by atoms with Gasteiger partial charge in [0, 0.05) is 18.0 Å². The Labute approximate surface area is 136 Å². The number of benzene rings is 2. The number of anilines is 2. The van der Waals surface area contributed by atoms with Crippen LogP contribution in [0.3, 0.4) is 0 Å². The zero-order valence-electron chi connectivity index (χ0n) is 12.9. The molecule has 0 saturated heterocycles. The van der Waals surface area contributed by atoms with Crippen LogP contribution in [0.5, 0.6) is 0 Å². The minimum Gasteiger partial charge on any atom is -0.379 e. The number of nitrogens with one attached hydrogen (secondary N) is 2. The highest BCUT2D eigenvalue weighted by Crippen LogP contribution is 2.22. The lowest BCUT2D eigenvalue weighted by molar-refractivity contribution is -0.116. The average molecular weight is 317 g/mol. The highest BCUT2D eigenvalue weighted by molar-refractivity contribution is 6.30. The van der Waals surface area contributed by atoms with Gasteiger partial charge in [-0.2, -0.15) is 0 Å². The summed E-state index contributed by atoms with van der Waals surface area (Å²) in [5.41, 5.74) is 2.85. The Morgan fingerprint density at radius 1 is 1.05 bits per heavy atom. The minimum absolute atomic E-state index is 0.0377. The molecular formula is C18H21ClN2O. The van der Waals surface area contributed by atoms with E-state index in [9.17, 15) is 4.79 Å². The van der Waals surface area contributed by atoms with Crippen molar-refractivity contribution in [3.05, 3.63) is 59.1 Å². The van der Waals surface area contributed by atoms with Gasteiger partial charge in [0.05, 0.1) is 11.4 Å². The summed E-state index contributed by atoms with van der Waals surface area (Å²) in [5.74, 6) is 0.380. The Bertz CT molecular complexity index is 623. The van der Waals surface area contributed by atoms with Crippen LogP contribution in [0.1, 0.15) is 25.8 Å². The van der Waals surface area contributed by atoms with Crippen molar-refractivity contribution >= 4 is 28.9 Å². The van der Waals surface area contributed by atoms with Crippen molar-refractivity contribution in [2.75, 3.05) is 10.6 Å². The highest BCUT2D eigenvalue weighted by Gasteiger charge is 2.08. The summed E-state index contributed by atoms with van der Waals surface area (Å²) in [6.07, 6.45) is 0.519. The molecule has 0 aliphatic heterocycles. The minimum atomic E-state index is 0.0377. The van der Waals surface area contributed by atoms with Crippen LogP contribution < -0.4 is 10.6 Å². The van der Waals surface area contributed by atoms with Crippen molar-refractivity contribution < 1.29 is 4.79 Å². The Balaban J connectivity index is 2.01. The summed E-state index contributed by atoms with van der Waals surface area (Å²) in [5, 5.41) is 7.04. The molecule has 1 amide bonds.